The largest absolute Gasteiger partial charge is 0.355 e. The van der Waals surface area contributed by atoms with Gasteiger partial charge in [0.05, 0.1) is 38.2 Å². The Hall–Kier alpha value is -1.95. The number of aldehydes is 1. The zero-order valence-electron chi connectivity index (χ0n) is 10.3. The molecule has 96 valence electrons. The molecule has 18 heavy (non-hydrogen) atoms. The second-order valence-electron chi connectivity index (χ2n) is 4.57. The lowest BCUT2D eigenvalue weighted by atomic mass is 10.1. The number of nitrogens with one attached hydrogen (secondary N) is 1. The summed E-state index contributed by atoms with van der Waals surface area (Å²) in [5.74, 6) is 0. The van der Waals surface area contributed by atoms with Crippen molar-refractivity contribution in [3.05, 3.63) is 33.9 Å². The summed E-state index contributed by atoms with van der Waals surface area (Å²) in [5, 5.41) is 11.1. The maximum Gasteiger partial charge on any atom is 0.293 e. The molecule has 0 atom stereocenters. The monoisotopic (exact) mass is 250 g/mol. The van der Waals surface area contributed by atoms with Gasteiger partial charge in [0.2, 0.25) is 0 Å². The number of piperazine rings is 1. The quantitative estimate of drug-likeness (QED) is 0.456. The summed E-state index contributed by atoms with van der Waals surface area (Å²) in [6.07, 6.45) is 0.630. The molecule has 0 amide bonds. The first-order valence-electron chi connectivity index (χ1n) is 5.91. The summed E-state index contributed by atoms with van der Waals surface area (Å²) in [6, 6.07) is 4.64. The number of nitro groups is 1. The van der Waals surface area contributed by atoms with Gasteiger partial charge in [-0.15, -0.1) is 0 Å². The molecule has 0 spiro atoms. The van der Waals surface area contributed by atoms with Gasteiger partial charge < -0.3 is 9.80 Å². The minimum atomic E-state index is -0.423. The van der Waals surface area contributed by atoms with Gasteiger partial charge in [-0.05, 0) is 12.1 Å². The fourth-order valence-corrected chi connectivity index (χ4v) is 2.16. The van der Waals surface area contributed by atoms with Crippen molar-refractivity contribution in [2.45, 2.75) is 0 Å². The minimum Gasteiger partial charge on any atom is -0.355 e. The van der Waals surface area contributed by atoms with Crippen LogP contribution in [0.4, 0.5) is 11.4 Å². The predicted molar refractivity (Wildman–Crippen MR) is 67.3 cm³/mol. The standard InChI is InChI=1S/C12H15N3O3/c1-13-4-6-14(7-5-13)11-3-2-10(9-16)8-12(11)15(17)18/h2-3,8-9H,4-7H2,1H3/p+1. The number of carbonyl (C=O) groups is 1. The van der Waals surface area contributed by atoms with E-state index in [1.807, 2.05) is 4.90 Å². The zero-order chi connectivity index (χ0) is 13.1. The summed E-state index contributed by atoms with van der Waals surface area (Å²) < 4.78 is 0. The third-order valence-electron chi connectivity index (χ3n) is 3.29. The highest BCUT2D eigenvalue weighted by atomic mass is 16.6. The second-order valence-corrected chi connectivity index (χ2v) is 4.57. The number of rotatable bonds is 3. The topological polar surface area (TPSA) is 67.9 Å². The molecule has 1 aromatic rings. The van der Waals surface area contributed by atoms with Gasteiger partial charge in [0, 0.05) is 11.6 Å². The van der Waals surface area contributed by atoms with Crippen LogP contribution < -0.4 is 9.80 Å². The summed E-state index contributed by atoms with van der Waals surface area (Å²) in [7, 11) is 2.11. The van der Waals surface area contributed by atoms with Gasteiger partial charge in [-0.25, -0.2) is 0 Å². The van der Waals surface area contributed by atoms with Crippen LogP contribution in [0, 0.1) is 10.1 Å². The molecule has 1 aromatic carbocycles. The number of likely N-dealkylation sites (N-methyl/N-ethyl adjacent to an activating group) is 1. The zero-order valence-corrected chi connectivity index (χ0v) is 10.3. The summed E-state index contributed by atoms with van der Waals surface area (Å²) in [6.45, 7) is 3.53. The molecule has 2 rings (SSSR count). The Morgan fingerprint density at radius 3 is 2.61 bits per heavy atom. The summed E-state index contributed by atoms with van der Waals surface area (Å²) in [5.41, 5.74) is 0.961. The Kier molecular flexibility index (Phi) is 3.57. The molecule has 0 saturated carbocycles. The fourth-order valence-electron chi connectivity index (χ4n) is 2.16. The first kappa shape index (κ1) is 12.5. The molecule has 1 aliphatic heterocycles. The van der Waals surface area contributed by atoms with Crippen LogP contribution >= 0.6 is 0 Å². The van der Waals surface area contributed by atoms with E-state index < -0.39 is 4.92 Å². The van der Waals surface area contributed by atoms with Crippen molar-refractivity contribution in [1.29, 1.82) is 0 Å². The number of nitrogens with zero attached hydrogens (tertiary/aromatic N) is 2. The first-order chi connectivity index (χ1) is 8.61. The molecule has 6 heteroatoms. The van der Waals surface area contributed by atoms with Crippen LogP contribution in [0.25, 0.3) is 0 Å². The highest BCUT2D eigenvalue weighted by molar-refractivity contribution is 5.79. The normalized spacial score (nSPS) is 16.6. The van der Waals surface area contributed by atoms with E-state index >= 15 is 0 Å². The smallest absolute Gasteiger partial charge is 0.293 e. The molecule has 0 unspecified atom stereocenters. The van der Waals surface area contributed by atoms with E-state index in [4.69, 9.17) is 0 Å². The van der Waals surface area contributed by atoms with Crippen molar-refractivity contribution < 1.29 is 14.6 Å². The van der Waals surface area contributed by atoms with Crippen LogP contribution in [0.15, 0.2) is 18.2 Å². The van der Waals surface area contributed by atoms with Gasteiger partial charge in [-0.2, -0.15) is 0 Å². The average molecular weight is 250 g/mol. The number of hydrogen-bond donors (Lipinski definition) is 1. The van der Waals surface area contributed by atoms with E-state index in [0.29, 0.717) is 17.5 Å². The Labute approximate surface area is 105 Å². The van der Waals surface area contributed by atoms with Crippen LogP contribution in [0.2, 0.25) is 0 Å². The number of anilines is 1. The molecule has 1 fully saturated rings. The molecule has 1 N–H and O–H groups in total. The molecule has 0 aromatic heterocycles. The average Bonchev–Trinajstić information content (AvgIpc) is 2.39. The molecular formula is C12H16N3O3+. The molecule has 1 heterocycles. The van der Waals surface area contributed by atoms with E-state index in [1.165, 1.54) is 11.0 Å². The Morgan fingerprint density at radius 2 is 2.06 bits per heavy atom. The van der Waals surface area contributed by atoms with E-state index in [9.17, 15) is 14.9 Å². The molecular weight excluding hydrogens is 234 g/mol. The van der Waals surface area contributed by atoms with Gasteiger partial charge in [-0.3, -0.25) is 14.9 Å². The molecule has 6 nitrogen and oxygen atoms in total. The van der Waals surface area contributed by atoms with Crippen molar-refractivity contribution in [2.24, 2.45) is 0 Å². The fraction of sp³-hybridized carbons (Fsp3) is 0.417. The second kappa shape index (κ2) is 5.14. The van der Waals surface area contributed by atoms with Crippen molar-refractivity contribution in [2.75, 3.05) is 38.1 Å². The Balaban J connectivity index is 2.31. The molecule has 1 aliphatic rings. The number of carbonyl (C=O) groups excluding carboxylic acids is 1. The number of nitro benzene ring substituents is 1. The van der Waals surface area contributed by atoms with Crippen LogP contribution in [0.5, 0.6) is 0 Å². The Morgan fingerprint density at radius 1 is 1.39 bits per heavy atom. The first-order valence-corrected chi connectivity index (χ1v) is 5.91. The van der Waals surface area contributed by atoms with Gasteiger partial charge >= 0.3 is 0 Å². The van der Waals surface area contributed by atoms with Gasteiger partial charge in [0.25, 0.3) is 5.69 Å². The highest BCUT2D eigenvalue weighted by Crippen LogP contribution is 2.28. The number of quaternary nitrogens is 1. The lowest BCUT2D eigenvalue weighted by Gasteiger charge is -2.31. The predicted octanol–water partition coefficient (Wildman–Crippen LogP) is -0.258. The van der Waals surface area contributed by atoms with Crippen molar-refractivity contribution in [3.63, 3.8) is 0 Å². The maximum absolute atomic E-state index is 11.1. The van der Waals surface area contributed by atoms with Crippen LogP contribution in [-0.2, 0) is 0 Å². The third-order valence-corrected chi connectivity index (χ3v) is 3.29. The van der Waals surface area contributed by atoms with Crippen molar-refractivity contribution >= 4 is 17.7 Å². The SMILES string of the molecule is C[NH+]1CCN(c2ccc(C=O)cc2[N+](=O)[O-])CC1. The summed E-state index contributed by atoms with van der Waals surface area (Å²) in [4.78, 5) is 24.7. The number of hydrogen-bond acceptors (Lipinski definition) is 4. The lowest BCUT2D eigenvalue weighted by Crippen LogP contribution is -3.12. The van der Waals surface area contributed by atoms with Crippen molar-refractivity contribution in [1.82, 2.24) is 0 Å². The van der Waals surface area contributed by atoms with Crippen LogP contribution in [0.3, 0.4) is 0 Å². The molecule has 0 radical (unpaired) electrons. The van der Waals surface area contributed by atoms with E-state index in [0.717, 1.165) is 26.2 Å². The molecule has 0 aliphatic carbocycles. The van der Waals surface area contributed by atoms with Gasteiger partial charge in [0.1, 0.15) is 12.0 Å². The van der Waals surface area contributed by atoms with Crippen molar-refractivity contribution in [3.8, 4) is 0 Å². The highest BCUT2D eigenvalue weighted by Gasteiger charge is 2.24. The Bertz CT molecular complexity index is 468. The van der Waals surface area contributed by atoms with E-state index in [-0.39, 0.29) is 5.69 Å². The van der Waals surface area contributed by atoms with Gasteiger partial charge in [-0.1, -0.05) is 0 Å². The van der Waals surface area contributed by atoms with Crippen LogP contribution in [-0.4, -0.2) is 44.4 Å². The minimum absolute atomic E-state index is 0.0131. The van der Waals surface area contributed by atoms with E-state index in [1.54, 1.807) is 12.1 Å². The third kappa shape index (κ3) is 2.48. The molecule has 1 saturated heterocycles. The lowest BCUT2D eigenvalue weighted by molar-refractivity contribution is -0.880. The number of benzene rings is 1. The van der Waals surface area contributed by atoms with Crippen LogP contribution in [0.1, 0.15) is 10.4 Å². The summed E-state index contributed by atoms with van der Waals surface area (Å²) >= 11 is 0. The van der Waals surface area contributed by atoms with Gasteiger partial charge in [0.15, 0.2) is 0 Å². The maximum atomic E-state index is 11.1. The molecule has 0 bridgehead atoms. The van der Waals surface area contributed by atoms with E-state index in [2.05, 4.69) is 7.05 Å².